The van der Waals surface area contributed by atoms with Gasteiger partial charge in [-0.15, -0.1) is 0 Å². The van der Waals surface area contributed by atoms with Crippen LogP contribution in [-0.2, 0) is 14.6 Å². The number of benzene rings is 1. The molecule has 36 heavy (non-hydrogen) atoms. The zero-order valence-corrected chi connectivity index (χ0v) is 20.2. The Morgan fingerprint density at radius 2 is 2.03 bits per heavy atom. The number of pyridine rings is 1. The molecule has 0 radical (unpaired) electrons. The predicted octanol–water partition coefficient (Wildman–Crippen LogP) is 3.83. The molecule has 0 aliphatic carbocycles. The second-order valence-electron chi connectivity index (χ2n) is 7.76. The fourth-order valence-corrected chi connectivity index (χ4v) is 3.80. The average molecular weight is 509 g/mol. The van der Waals surface area contributed by atoms with Crippen LogP contribution in [0.15, 0.2) is 67.5 Å². The Morgan fingerprint density at radius 3 is 2.78 bits per heavy atom. The van der Waals surface area contributed by atoms with Crippen LogP contribution >= 0.6 is 0 Å². The van der Waals surface area contributed by atoms with Crippen molar-refractivity contribution in [3.63, 3.8) is 0 Å². The van der Waals surface area contributed by atoms with Gasteiger partial charge in [0.2, 0.25) is 23.6 Å². The summed E-state index contributed by atoms with van der Waals surface area (Å²) in [5.74, 6) is 1.18. The molecule has 3 heterocycles. The van der Waals surface area contributed by atoms with Crippen LogP contribution in [0.3, 0.4) is 0 Å². The number of hydrogen-bond donors (Lipinski definition) is 3. The molecule has 0 bridgehead atoms. The summed E-state index contributed by atoms with van der Waals surface area (Å²) in [6.07, 6.45) is 6.05. The van der Waals surface area contributed by atoms with Crippen LogP contribution in [0.1, 0.15) is 6.42 Å². The number of anilines is 3. The van der Waals surface area contributed by atoms with E-state index in [0.29, 0.717) is 46.3 Å². The van der Waals surface area contributed by atoms with E-state index >= 15 is 0 Å². The largest absolute Gasteiger partial charge is 0.478 e. The van der Waals surface area contributed by atoms with E-state index in [1.807, 2.05) is 0 Å². The number of aromatic amines is 1. The van der Waals surface area contributed by atoms with Crippen molar-refractivity contribution in [3.8, 4) is 17.5 Å². The molecule has 0 spiro atoms. The van der Waals surface area contributed by atoms with Gasteiger partial charge in [-0.2, -0.15) is 9.97 Å². The van der Waals surface area contributed by atoms with Crippen LogP contribution in [0.2, 0.25) is 0 Å². The van der Waals surface area contributed by atoms with E-state index in [4.69, 9.17) is 9.47 Å². The van der Waals surface area contributed by atoms with Gasteiger partial charge in [0.1, 0.15) is 21.2 Å². The highest BCUT2D eigenvalue weighted by molar-refractivity contribution is 7.90. The Labute approximate surface area is 207 Å². The molecule has 0 saturated carbocycles. The highest BCUT2D eigenvalue weighted by atomic mass is 32.2. The van der Waals surface area contributed by atoms with Gasteiger partial charge in [-0.1, -0.05) is 12.6 Å². The molecular formula is C24H24N6O5S. The number of nitrogens with one attached hydrogen (secondary N) is 3. The minimum absolute atomic E-state index is 0.0589. The number of sulfone groups is 1. The zero-order chi connectivity index (χ0) is 25.5. The first kappa shape index (κ1) is 24.7. The van der Waals surface area contributed by atoms with E-state index in [2.05, 4.69) is 37.1 Å². The van der Waals surface area contributed by atoms with Gasteiger partial charge in [0, 0.05) is 30.3 Å². The monoisotopic (exact) mass is 508 g/mol. The summed E-state index contributed by atoms with van der Waals surface area (Å²) in [6, 6.07) is 12.1. The number of fused-ring (bicyclic) bond motifs is 1. The van der Waals surface area contributed by atoms with Crippen molar-refractivity contribution in [1.82, 2.24) is 19.9 Å². The molecule has 186 valence electrons. The summed E-state index contributed by atoms with van der Waals surface area (Å²) in [5, 5.41) is 6.45. The summed E-state index contributed by atoms with van der Waals surface area (Å²) in [4.78, 5) is 27.8. The van der Waals surface area contributed by atoms with Gasteiger partial charge in [-0.3, -0.25) is 4.79 Å². The van der Waals surface area contributed by atoms with E-state index in [-0.39, 0.29) is 24.2 Å². The number of carbonyl (C=O) groups excluding carboxylic acids is 1. The number of H-pyrrole nitrogens is 1. The lowest BCUT2D eigenvalue weighted by molar-refractivity contribution is -0.111. The molecular weight excluding hydrogens is 484 g/mol. The first-order chi connectivity index (χ1) is 17.3. The number of rotatable bonds is 11. The second-order valence-corrected chi connectivity index (χ2v) is 10.0. The molecule has 1 aromatic carbocycles. The minimum Gasteiger partial charge on any atom is -0.478 e. The third-order valence-electron chi connectivity index (χ3n) is 4.78. The van der Waals surface area contributed by atoms with Crippen LogP contribution in [0.5, 0.6) is 17.5 Å². The lowest BCUT2D eigenvalue weighted by Crippen LogP contribution is -2.08. The van der Waals surface area contributed by atoms with Crippen molar-refractivity contribution in [3.05, 3.63) is 67.5 Å². The van der Waals surface area contributed by atoms with Crippen LogP contribution < -0.4 is 20.1 Å². The normalized spacial score (nSPS) is 11.1. The van der Waals surface area contributed by atoms with Gasteiger partial charge < -0.3 is 25.1 Å². The van der Waals surface area contributed by atoms with Crippen molar-refractivity contribution in [2.45, 2.75) is 6.42 Å². The van der Waals surface area contributed by atoms with Crippen molar-refractivity contribution in [2.75, 3.05) is 29.2 Å². The van der Waals surface area contributed by atoms with Crippen molar-refractivity contribution in [2.24, 2.45) is 0 Å². The lowest BCUT2D eigenvalue weighted by Gasteiger charge is -2.11. The fraction of sp³-hybridized carbons (Fsp3) is 0.167. The number of hydrogen-bond acceptors (Lipinski definition) is 9. The summed E-state index contributed by atoms with van der Waals surface area (Å²) >= 11 is 0. The summed E-state index contributed by atoms with van der Waals surface area (Å²) in [7, 11) is -3.02. The van der Waals surface area contributed by atoms with Crippen LogP contribution in [0.25, 0.3) is 11.0 Å². The van der Waals surface area contributed by atoms with Gasteiger partial charge in [-0.25, -0.2) is 13.4 Å². The van der Waals surface area contributed by atoms with E-state index in [0.717, 1.165) is 0 Å². The Bertz CT molecular complexity index is 1480. The molecule has 0 unspecified atom stereocenters. The van der Waals surface area contributed by atoms with Gasteiger partial charge >= 0.3 is 0 Å². The van der Waals surface area contributed by atoms with Gasteiger partial charge in [0.25, 0.3) is 0 Å². The Hall–Kier alpha value is -4.45. The van der Waals surface area contributed by atoms with E-state index in [1.54, 1.807) is 54.9 Å². The maximum Gasteiger partial charge on any atom is 0.247 e. The fourth-order valence-electron chi connectivity index (χ4n) is 3.16. The molecule has 0 fully saturated rings. The third-order valence-corrected chi connectivity index (χ3v) is 5.81. The Balaban J connectivity index is 1.46. The number of aromatic nitrogens is 4. The number of amides is 1. The van der Waals surface area contributed by atoms with Gasteiger partial charge in [0.15, 0.2) is 0 Å². The topological polar surface area (TPSA) is 148 Å². The molecule has 4 rings (SSSR count). The maximum atomic E-state index is 11.6. The molecule has 3 N–H and O–H groups in total. The highest BCUT2D eigenvalue weighted by Gasteiger charge is 2.12. The van der Waals surface area contributed by atoms with Gasteiger partial charge in [-0.05, 0) is 36.8 Å². The van der Waals surface area contributed by atoms with Crippen molar-refractivity contribution >= 4 is 44.1 Å². The Kier molecular flexibility index (Phi) is 7.44. The molecule has 4 aromatic rings. The Morgan fingerprint density at radius 1 is 1.17 bits per heavy atom. The average Bonchev–Trinajstić information content (AvgIpc) is 3.31. The zero-order valence-electron chi connectivity index (χ0n) is 19.4. The molecule has 0 aliphatic rings. The minimum atomic E-state index is -3.02. The van der Waals surface area contributed by atoms with E-state index < -0.39 is 9.84 Å². The summed E-state index contributed by atoms with van der Waals surface area (Å²) in [6.45, 7) is 3.70. The molecule has 0 saturated heterocycles. The SMILES string of the molecule is C=CC(=O)Nc1cccc(Oc2nc(Nc3ccc(OCCCS(C)(=O)=O)nc3)nc3[nH]ccc23)c1. The second kappa shape index (κ2) is 10.9. The number of ether oxygens (including phenoxy) is 2. The standard InChI is InChI=1S/C24H24N6O5S/c1-3-20(31)27-16-6-4-7-18(14-16)35-23-19-10-11-25-22(19)29-24(30-23)28-17-8-9-21(26-15-17)34-12-5-13-36(2,32)33/h3-4,6-11,14-15H,1,5,12-13H2,2H3,(H,27,31)(H2,25,28,29,30). The molecule has 12 heteroatoms. The van der Waals surface area contributed by atoms with Crippen molar-refractivity contribution in [1.29, 1.82) is 0 Å². The van der Waals surface area contributed by atoms with E-state index in [1.165, 1.54) is 12.3 Å². The molecule has 1 amide bonds. The quantitative estimate of drug-likeness (QED) is 0.203. The third kappa shape index (κ3) is 6.79. The molecule has 0 atom stereocenters. The first-order valence-corrected chi connectivity index (χ1v) is 13.0. The first-order valence-electron chi connectivity index (χ1n) is 10.9. The number of nitrogens with zero attached hydrogens (tertiary/aromatic N) is 3. The summed E-state index contributed by atoms with van der Waals surface area (Å²) < 4.78 is 33.9. The molecule has 0 aliphatic heterocycles. The molecule has 11 nitrogen and oxygen atoms in total. The lowest BCUT2D eigenvalue weighted by atomic mass is 10.3. The molecule has 3 aromatic heterocycles. The maximum absolute atomic E-state index is 11.6. The van der Waals surface area contributed by atoms with Crippen LogP contribution in [0, 0.1) is 0 Å². The van der Waals surface area contributed by atoms with Crippen LogP contribution in [0.4, 0.5) is 17.3 Å². The summed E-state index contributed by atoms with van der Waals surface area (Å²) in [5.41, 5.74) is 1.74. The highest BCUT2D eigenvalue weighted by Crippen LogP contribution is 2.30. The van der Waals surface area contributed by atoms with Crippen molar-refractivity contribution < 1.29 is 22.7 Å². The predicted molar refractivity (Wildman–Crippen MR) is 137 cm³/mol. The van der Waals surface area contributed by atoms with E-state index in [9.17, 15) is 13.2 Å². The smallest absolute Gasteiger partial charge is 0.247 e. The number of carbonyl (C=O) groups is 1. The van der Waals surface area contributed by atoms with Crippen LogP contribution in [-0.4, -0.2) is 52.9 Å². The van der Waals surface area contributed by atoms with Gasteiger partial charge in [0.05, 0.1) is 29.6 Å².